The van der Waals surface area contributed by atoms with Crippen LogP contribution in [-0.4, -0.2) is 31.3 Å². The summed E-state index contributed by atoms with van der Waals surface area (Å²) in [5, 5.41) is 15.4. The Labute approximate surface area is 144 Å². The van der Waals surface area contributed by atoms with Crippen LogP contribution in [0.2, 0.25) is 0 Å². The van der Waals surface area contributed by atoms with Crippen molar-refractivity contribution in [2.24, 2.45) is 0 Å². The zero-order chi connectivity index (χ0) is 17.6. The van der Waals surface area contributed by atoms with E-state index in [1.165, 1.54) is 0 Å². The van der Waals surface area contributed by atoms with E-state index < -0.39 is 5.97 Å². The molecule has 0 fully saturated rings. The number of benzene rings is 1. The van der Waals surface area contributed by atoms with Crippen molar-refractivity contribution < 1.29 is 14.1 Å². The summed E-state index contributed by atoms with van der Waals surface area (Å²) >= 11 is 0. The van der Waals surface area contributed by atoms with Crippen LogP contribution in [0.5, 0.6) is 0 Å². The molecule has 0 radical (unpaired) electrons. The van der Waals surface area contributed by atoms with Gasteiger partial charge in [0.05, 0.1) is 0 Å². The molecule has 0 aliphatic heterocycles. The third kappa shape index (κ3) is 3.73. The minimum atomic E-state index is -0.511. The van der Waals surface area contributed by atoms with Gasteiger partial charge in [-0.05, 0) is 23.8 Å². The van der Waals surface area contributed by atoms with Gasteiger partial charge in [0, 0.05) is 12.1 Å². The summed E-state index contributed by atoms with van der Waals surface area (Å²) in [7, 11) is 0. The van der Waals surface area contributed by atoms with E-state index in [1.54, 1.807) is 11.6 Å². The molecule has 2 aromatic heterocycles. The van der Waals surface area contributed by atoms with Crippen LogP contribution in [0.4, 0.5) is 0 Å². The van der Waals surface area contributed by atoms with Crippen molar-refractivity contribution in [3.05, 3.63) is 47.5 Å². The maximum absolute atomic E-state index is 12.5. The number of aromatic nitrogens is 5. The molecular weight excluding hydrogens is 322 g/mol. The highest BCUT2D eigenvalue weighted by Gasteiger charge is 2.23. The number of carbonyl (C=O) groups excluding carboxylic acids is 1. The zero-order valence-electron chi connectivity index (χ0n) is 14.2. The highest BCUT2D eigenvalue weighted by Crippen LogP contribution is 2.25. The van der Waals surface area contributed by atoms with Crippen LogP contribution < -0.4 is 0 Å². The first-order valence-corrected chi connectivity index (χ1v) is 8.14. The minimum Gasteiger partial charge on any atom is -0.454 e. The molecule has 0 atom stereocenters. The monoisotopic (exact) mass is 341 g/mol. The highest BCUT2D eigenvalue weighted by molar-refractivity contribution is 5.97. The summed E-state index contributed by atoms with van der Waals surface area (Å²) in [5.74, 6) is 0.411. The summed E-state index contributed by atoms with van der Waals surface area (Å²) in [4.78, 5) is 12.5. The fraction of sp³-hybridized carbons (Fsp3) is 0.353. The number of carbonyl (C=O) groups is 1. The molecule has 8 heteroatoms. The van der Waals surface area contributed by atoms with Crippen molar-refractivity contribution in [3.63, 3.8) is 0 Å². The van der Waals surface area contributed by atoms with Gasteiger partial charge in [0.25, 0.3) is 0 Å². The summed E-state index contributed by atoms with van der Waals surface area (Å²) in [6.45, 7) is 4.46. The second-order valence-electron chi connectivity index (χ2n) is 5.58. The average Bonchev–Trinajstić information content (AvgIpc) is 3.25. The van der Waals surface area contributed by atoms with Gasteiger partial charge in [-0.3, -0.25) is 0 Å². The molecule has 0 saturated heterocycles. The predicted octanol–water partition coefficient (Wildman–Crippen LogP) is 2.79. The lowest BCUT2D eigenvalue weighted by Crippen LogP contribution is -2.12. The number of hydrogen-bond donors (Lipinski definition) is 0. The molecule has 25 heavy (non-hydrogen) atoms. The minimum absolute atomic E-state index is 0.00556. The summed E-state index contributed by atoms with van der Waals surface area (Å²) in [5.41, 5.74) is 1.58. The van der Waals surface area contributed by atoms with Gasteiger partial charge >= 0.3 is 5.97 Å². The van der Waals surface area contributed by atoms with Crippen LogP contribution in [0.15, 0.2) is 34.9 Å². The first-order valence-electron chi connectivity index (χ1n) is 8.14. The predicted molar refractivity (Wildman–Crippen MR) is 88.5 cm³/mol. The largest absolute Gasteiger partial charge is 0.454 e. The van der Waals surface area contributed by atoms with E-state index in [2.05, 4.69) is 27.6 Å². The number of rotatable bonds is 7. The second kappa shape index (κ2) is 7.69. The van der Waals surface area contributed by atoms with Crippen LogP contribution in [-0.2, 0) is 17.9 Å². The zero-order valence-corrected chi connectivity index (χ0v) is 14.2. The van der Waals surface area contributed by atoms with E-state index in [-0.39, 0.29) is 6.61 Å². The van der Waals surface area contributed by atoms with Crippen LogP contribution in [0.3, 0.4) is 0 Å². The Kier molecular flexibility index (Phi) is 5.17. The standard InChI is InChI=1S/C17H19N5O3/c1-3-4-10-22-14(18-20-21-22)11-24-17(23)15-12(2)25-19-16(15)13-8-6-5-7-9-13/h5-9H,3-4,10-11H2,1-2H3. The maximum Gasteiger partial charge on any atom is 0.344 e. The van der Waals surface area contributed by atoms with Gasteiger partial charge in [-0.2, -0.15) is 0 Å². The molecule has 1 aromatic carbocycles. The molecule has 3 rings (SSSR count). The first-order chi connectivity index (χ1) is 12.2. The van der Waals surface area contributed by atoms with E-state index in [0.29, 0.717) is 29.4 Å². The van der Waals surface area contributed by atoms with E-state index in [0.717, 1.165) is 18.4 Å². The Hall–Kier alpha value is -3.03. The smallest absolute Gasteiger partial charge is 0.344 e. The third-order valence-corrected chi connectivity index (χ3v) is 3.78. The molecule has 130 valence electrons. The molecule has 0 spiro atoms. The normalized spacial score (nSPS) is 10.8. The van der Waals surface area contributed by atoms with Gasteiger partial charge in [0.15, 0.2) is 12.4 Å². The number of esters is 1. The van der Waals surface area contributed by atoms with Crippen molar-refractivity contribution >= 4 is 5.97 Å². The van der Waals surface area contributed by atoms with Crippen molar-refractivity contribution in [1.29, 1.82) is 0 Å². The maximum atomic E-state index is 12.5. The van der Waals surface area contributed by atoms with E-state index in [4.69, 9.17) is 9.26 Å². The number of hydrogen-bond acceptors (Lipinski definition) is 7. The quantitative estimate of drug-likeness (QED) is 0.610. The van der Waals surface area contributed by atoms with E-state index in [9.17, 15) is 4.79 Å². The van der Waals surface area contributed by atoms with Crippen molar-refractivity contribution in [2.45, 2.75) is 39.8 Å². The molecule has 0 unspecified atom stereocenters. The van der Waals surface area contributed by atoms with Gasteiger partial charge in [-0.1, -0.05) is 48.8 Å². The summed E-state index contributed by atoms with van der Waals surface area (Å²) in [6, 6.07) is 9.36. The molecule has 0 bridgehead atoms. The van der Waals surface area contributed by atoms with Crippen molar-refractivity contribution in [1.82, 2.24) is 25.4 Å². The topological polar surface area (TPSA) is 95.9 Å². The summed E-state index contributed by atoms with van der Waals surface area (Å²) in [6.07, 6.45) is 1.98. The summed E-state index contributed by atoms with van der Waals surface area (Å²) < 4.78 is 12.2. The second-order valence-corrected chi connectivity index (χ2v) is 5.58. The highest BCUT2D eigenvalue weighted by atomic mass is 16.5. The molecule has 0 N–H and O–H groups in total. The number of nitrogens with zero attached hydrogens (tertiary/aromatic N) is 5. The molecule has 8 nitrogen and oxygen atoms in total. The van der Waals surface area contributed by atoms with Crippen LogP contribution in [0.1, 0.15) is 41.7 Å². The molecule has 0 aliphatic rings. The third-order valence-electron chi connectivity index (χ3n) is 3.78. The van der Waals surface area contributed by atoms with Crippen LogP contribution in [0, 0.1) is 6.92 Å². The van der Waals surface area contributed by atoms with Gasteiger partial charge in [0.1, 0.15) is 17.0 Å². The fourth-order valence-corrected chi connectivity index (χ4v) is 2.42. The molecule has 3 aromatic rings. The van der Waals surface area contributed by atoms with Crippen LogP contribution in [0.25, 0.3) is 11.3 Å². The van der Waals surface area contributed by atoms with Crippen molar-refractivity contribution in [2.75, 3.05) is 0 Å². The lowest BCUT2D eigenvalue weighted by molar-refractivity contribution is 0.0455. The van der Waals surface area contributed by atoms with Crippen molar-refractivity contribution in [3.8, 4) is 11.3 Å². The Morgan fingerprint density at radius 2 is 2.08 bits per heavy atom. The molecule has 2 heterocycles. The number of ether oxygens (including phenoxy) is 1. The Balaban J connectivity index is 1.75. The van der Waals surface area contributed by atoms with Gasteiger partial charge in [-0.15, -0.1) is 5.10 Å². The Morgan fingerprint density at radius 3 is 2.84 bits per heavy atom. The lowest BCUT2D eigenvalue weighted by Gasteiger charge is -2.06. The lowest BCUT2D eigenvalue weighted by atomic mass is 10.1. The molecule has 0 aliphatic carbocycles. The van der Waals surface area contributed by atoms with Gasteiger partial charge in [-0.25, -0.2) is 9.48 Å². The number of tetrazole rings is 1. The Bertz CT molecular complexity index is 841. The fourth-order valence-electron chi connectivity index (χ4n) is 2.42. The van der Waals surface area contributed by atoms with Gasteiger partial charge in [0.2, 0.25) is 0 Å². The van der Waals surface area contributed by atoms with E-state index >= 15 is 0 Å². The average molecular weight is 341 g/mol. The number of unbranched alkanes of at least 4 members (excludes halogenated alkanes) is 1. The molecule has 0 amide bonds. The van der Waals surface area contributed by atoms with E-state index in [1.807, 2.05) is 30.3 Å². The SMILES string of the molecule is CCCCn1nnnc1COC(=O)c1c(-c2ccccc2)noc1C. The number of aryl methyl sites for hydroxylation is 2. The molecule has 0 saturated carbocycles. The van der Waals surface area contributed by atoms with Gasteiger partial charge < -0.3 is 9.26 Å². The molecular formula is C17H19N5O3. The van der Waals surface area contributed by atoms with Crippen LogP contribution >= 0.6 is 0 Å². The first kappa shape index (κ1) is 16.8. The Morgan fingerprint density at radius 1 is 1.28 bits per heavy atom.